The lowest BCUT2D eigenvalue weighted by Crippen LogP contribution is -2.51. The van der Waals surface area contributed by atoms with Gasteiger partial charge in [0.15, 0.2) is 0 Å². The Bertz CT molecular complexity index is 528. The van der Waals surface area contributed by atoms with Crippen molar-refractivity contribution >= 4 is 0 Å². The predicted molar refractivity (Wildman–Crippen MR) is 99.4 cm³/mol. The van der Waals surface area contributed by atoms with Crippen molar-refractivity contribution in [1.29, 1.82) is 0 Å². The predicted octanol–water partition coefficient (Wildman–Crippen LogP) is 4.52. The quantitative estimate of drug-likeness (QED) is 0.731. The first-order valence-electron chi connectivity index (χ1n) is 10.5. The molecule has 3 fully saturated rings. The van der Waals surface area contributed by atoms with Crippen LogP contribution in [0.25, 0.3) is 0 Å². The Hall–Kier alpha value is -0.340. The second-order valence-corrected chi connectivity index (χ2v) is 10.1. The van der Waals surface area contributed by atoms with E-state index < -0.39 is 0 Å². The molecule has 4 aliphatic carbocycles. The van der Waals surface area contributed by atoms with E-state index in [2.05, 4.69) is 26.8 Å². The number of hydrogen-bond acceptors (Lipinski definition) is 2. The van der Waals surface area contributed by atoms with Crippen LogP contribution in [0, 0.1) is 40.4 Å². The standard InChI is InChI=1S/C22H37NO/c1-14(13-23)18-6-7-19-17-5-4-15-12-16(24)8-10-21(15,2)20(17)9-11-22(18,19)3/h4,14,16-20,24H,5-13,23H2,1-3H3/t14-,16+,17+,18-,19+,20-,21+,22-/m1/s1. The lowest BCUT2D eigenvalue weighted by Gasteiger charge is -2.58. The first kappa shape index (κ1) is 17.1. The van der Waals surface area contributed by atoms with Crippen LogP contribution < -0.4 is 5.73 Å². The molecule has 0 unspecified atom stereocenters. The van der Waals surface area contributed by atoms with Crippen LogP contribution in [0.2, 0.25) is 0 Å². The first-order valence-corrected chi connectivity index (χ1v) is 10.5. The van der Waals surface area contributed by atoms with Gasteiger partial charge in [0, 0.05) is 0 Å². The second kappa shape index (κ2) is 5.84. The highest BCUT2D eigenvalue weighted by molar-refractivity contribution is 5.25. The fourth-order valence-electron chi connectivity index (χ4n) is 7.78. The third kappa shape index (κ3) is 2.28. The summed E-state index contributed by atoms with van der Waals surface area (Å²) in [4.78, 5) is 0. The van der Waals surface area contributed by atoms with Crippen LogP contribution in [0.1, 0.15) is 72.1 Å². The molecule has 2 heteroatoms. The number of fused-ring (bicyclic) bond motifs is 5. The Balaban J connectivity index is 1.63. The summed E-state index contributed by atoms with van der Waals surface area (Å²) in [6, 6.07) is 0. The highest BCUT2D eigenvalue weighted by Gasteiger charge is 2.58. The van der Waals surface area contributed by atoms with Gasteiger partial charge in [-0.25, -0.2) is 0 Å². The summed E-state index contributed by atoms with van der Waals surface area (Å²) in [5.41, 5.74) is 8.55. The number of nitrogens with two attached hydrogens (primary N) is 1. The molecule has 3 N–H and O–H groups in total. The molecule has 0 aromatic rings. The average Bonchev–Trinajstić information content (AvgIpc) is 2.92. The molecule has 4 rings (SSSR count). The van der Waals surface area contributed by atoms with Crippen LogP contribution in [0.3, 0.4) is 0 Å². The molecular formula is C22H37NO. The van der Waals surface area contributed by atoms with Gasteiger partial charge in [0.25, 0.3) is 0 Å². The minimum absolute atomic E-state index is 0.0870. The van der Waals surface area contributed by atoms with Crippen LogP contribution in [0.15, 0.2) is 11.6 Å². The van der Waals surface area contributed by atoms with Gasteiger partial charge in [0.05, 0.1) is 6.10 Å². The second-order valence-electron chi connectivity index (χ2n) is 10.1. The number of allylic oxidation sites excluding steroid dienone is 1. The number of rotatable bonds is 2. The van der Waals surface area contributed by atoms with Crippen LogP contribution in [0.5, 0.6) is 0 Å². The number of aliphatic hydroxyl groups is 1. The maximum atomic E-state index is 10.1. The summed E-state index contributed by atoms with van der Waals surface area (Å²) in [5.74, 6) is 4.14. The third-order valence-electron chi connectivity index (χ3n) is 9.21. The van der Waals surface area contributed by atoms with E-state index >= 15 is 0 Å². The van der Waals surface area contributed by atoms with Gasteiger partial charge < -0.3 is 10.8 Å². The van der Waals surface area contributed by atoms with Crippen LogP contribution in [0.4, 0.5) is 0 Å². The lowest BCUT2D eigenvalue weighted by molar-refractivity contribution is -0.0561. The Morgan fingerprint density at radius 3 is 2.71 bits per heavy atom. The van der Waals surface area contributed by atoms with E-state index in [0.29, 0.717) is 16.7 Å². The van der Waals surface area contributed by atoms with Crippen LogP contribution in [-0.4, -0.2) is 17.8 Å². The van der Waals surface area contributed by atoms with Gasteiger partial charge >= 0.3 is 0 Å². The minimum atomic E-state index is -0.0870. The molecule has 0 aromatic carbocycles. The van der Waals surface area contributed by atoms with Crippen molar-refractivity contribution in [2.24, 2.45) is 46.2 Å². The van der Waals surface area contributed by atoms with Crippen LogP contribution >= 0.6 is 0 Å². The van der Waals surface area contributed by atoms with E-state index in [-0.39, 0.29) is 6.10 Å². The lowest BCUT2D eigenvalue weighted by atomic mass is 9.47. The normalized spacial score (nSPS) is 52.0. The van der Waals surface area contributed by atoms with Crippen molar-refractivity contribution in [3.05, 3.63) is 11.6 Å². The molecule has 8 atom stereocenters. The van der Waals surface area contributed by atoms with Gasteiger partial charge in [-0.1, -0.05) is 32.4 Å². The summed E-state index contributed by atoms with van der Waals surface area (Å²) >= 11 is 0. The number of aliphatic hydroxyl groups excluding tert-OH is 1. The van der Waals surface area contributed by atoms with Gasteiger partial charge in [0.2, 0.25) is 0 Å². The van der Waals surface area contributed by atoms with Gasteiger partial charge in [-0.2, -0.15) is 0 Å². The Morgan fingerprint density at radius 1 is 1.17 bits per heavy atom. The van der Waals surface area contributed by atoms with E-state index in [1.54, 1.807) is 5.57 Å². The maximum Gasteiger partial charge on any atom is 0.0577 e. The first-order chi connectivity index (χ1) is 11.4. The van der Waals surface area contributed by atoms with Crippen molar-refractivity contribution in [2.45, 2.75) is 78.2 Å². The van der Waals surface area contributed by atoms with E-state index in [1.807, 2.05) is 0 Å². The van der Waals surface area contributed by atoms with E-state index in [4.69, 9.17) is 5.73 Å². The third-order valence-corrected chi connectivity index (χ3v) is 9.21. The summed E-state index contributed by atoms with van der Waals surface area (Å²) in [6.07, 6.45) is 12.5. The highest BCUT2D eigenvalue weighted by Crippen LogP contribution is 2.67. The van der Waals surface area contributed by atoms with Crippen molar-refractivity contribution in [3.8, 4) is 0 Å². The van der Waals surface area contributed by atoms with Gasteiger partial charge in [-0.05, 0) is 98.3 Å². The zero-order valence-corrected chi connectivity index (χ0v) is 15.9. The smallest absolute Gasteiger partial charge is 0.0577 e. The molecule has 0 radical (unpaired) electrons. The Morgan fingerprint density at radius 2 is 1.96 bits per heavy atom. The summed E-state index contributed by atoms with van der Waals surface area (Å²) < 4.78 is 0. The summed E-state index contributed by atoms with van der Waals surface area (Å²) in [6.45, 7) is 8.36. The molecule has 3 saturated carbocycles. The SMILES string of the molecule is C[C@H](CN)[C@H]1CC[C@H]2[C@@H]3CC=C4C[C@@H](O)CC[C@]4(C)[C@@H]3CC[C@]12C. The molecule has 0 spiro atoms. The molecule has 0 aromatic heterocycles. The zero-order chi connectivity index (χ0) is 17.1. The fourth-order valence-corrected chi connectivity index (χ4v) is 7.78. The zero-order valence-electron chi connectivity index (χ0n) is 15.9. The highest BCUT2D eigenvalue weighted by atomic mass is 16.3. The maximum absolute atomic E-state index is 10.1. The van der Waals surface area contributed by atoms with Gasteiger partial charge in [-0.3, -0.25) is 0 Å². The monoisotopic (exact) mass is 331 g/mol. The molecule has 0 aliphatic heterocycles. The molecule has 0 amide bonds. The molecule has 24 heavy (non-hydrogen) atoms. The molecule has 0 saturated heterocycles. The molecule has 0 heterocycles. The van der Waals surface area contributed by atoms with E-state index in [0.717, 1.165) is 43.1 Å². The molecular weight excluding hydrogens is 294 g/mol. The number of hydrogen-bond donors (Lipinski definition) is 2. The summed E-state index contributed by atoms with van der Waals surface area (Å²) in [5, 5.41) is 10.1. The van der Waals surface area contributed by atoms with Gasteiger partial charge in [0.1, 0.15) is 0 Å². The molecule has 2 nitrogen and oxygen atoms in total. The van der Waals surface area contributed by atoms with Gasteiger partial charge in [-0.15, -0.1) is 0 Å². The molecule has 4 aliphatic rings. The van der Waals surface area contributed by atoms with Crippen molar-refractivity contribution in [3.63, 3.8) is 0 Å². The molecule has 136 valence electrons. The Labute approximate surface area is 148 Å². The largest absolute Gasteiger partial charge is 0.393 e. The van der Waals surface area contributed by atoms with Crippen molar-refractivity contribution < 1.29 is 5.11 Å². The van der Waals surface area contributed by atoms with E-state index in [9.17, 15) is 5.11 Å². The minimum Gasteiger partial charge on any atom is -0.393 e. The van der Waals surface area contributed by atoms with Crippen LogP contribution in [-0.2, 0) is 0 Å². The van der Waals surface area contributed by atoms with Crippen molar-refractivity contribution in [2.75, 3.05) is 6.54 Å². The van der Waals surface area contributed by atoms with Crippen molar-refractivity contribution in [1.82, 2.24) is 0 Å². The fraction of sp³-hybridized carbons (Fsp3) is 0.909. The topological polar surface area (TPSA) is 46.2 Å². The van der Waals surface area contributed by atoms with E-state index in [1.165, 1.54) is 38.5 Å². The average molecular weight is 332 g/mol. The Kier molecular flexibility index (Phi) is 4.16. The summed E-state index contributed by atoms with van der Waals surface area (Å²) in [7, 11) is 0. The molecule has 0 bridgehead atoms.